The Kier molecular flexibility index (Phi) is 5.74. The molecular weight excluding hydrogens is 398 g/mol. The van der Waals surface area contributed by atoms with Gasteiger partial charge in [-0.1, -0.05) is 29.3 Å². The Hall–Kier alpha value is -3.52. The molecule has 3 N–H and O–H groups in total. The molecule has 1 aliphatic heterocycles. The van der Waals surface area contributed by atoms with Gasteiger partial charge in [0.25, 0.3) is 5.91 Å². The van der Waals surface area contributed by atoms with E-state index in [-0.39, 0.29) is 22.2 Å². The van der Waals surface area contributed by atoms with Crippen LogP contribution >= 0.6 is 11.6 Å². The molecule has 9 heteroatoms. The summed E-state index contributed by atoms with van der Waals surface area (Å²) in [7, 11) is 1.36. The van der Waals surface area contributed by atoms with Crippen molar-refractivity contribution in [3.63, 3.8) is 0 Å². The van der Waals surface area contributed by atoms with Crippen molar-refractivity contribution in [1.82, 2.24) is 10.2 Å². The van der Waals surface area contributed by atoms with Crippen molar-refractivity contribution in [2.24, 2.45) is 0 Å². The Balaban J connectivity index is 1.74. The van der Waals surface area contributed by atoms with Gasteiger partial charge >= 0.3 is 6.03 Å². The summed E-state index contributed by atoms with van der Waals surface area (Å²) in [6.07, 6.45) is 1.38. The number of carbonyl (C=O) groups excluding carboxylic acids is 3. The molecule has 1 aliphatic rings. The summed E-state index contributed by atoms with van der Waals surface area (Å²) in [6.45, 7) is 1.49. The largest absolute Gasteiger partial charge is 0.503 e. The normalized spacial score (nSPS) is 14.9. The smallest absolute Gasteiger partial charge is 0.329 e. The van der Waals surface area contributed by atoms with E-state index in [1.807, 2.05) is 19.1 Å². The first-order chi connectivity index (χ1) is 13.8. The number of urea groups is 1. The molecule has 2 aromatic rings. The van der Waals surface area contributed by atoms with E-state index in [0.29, 0.717) is 11.3 Å². The molecule has 0 radical (unpaired) electrons. The van der Waals surface area contributed by atoms with Gasteiger partial charge in [-0.05, 0) is 42.8 Å². The number of imide groups is 1. The van der Waals surface area contributed by atoms with Gasteiger partial charge in [0.1, 0.15) is 12.2 Å². The number of benzene rings is 2. The third-order valence-corrected chi connectivity index (χ3v) is 4.47. The van der Waals surface area contributed by atoms with Crippen molar-refractivity contribution in [2.75, 3.05) is 19.0 Å². The average Bonchev–Trinajstić information content (AvgIpc) is 2.93. The van der Waals surface area contributed by atoms with Gasteiger partial charge in [0.05, 0.1) is 12.1 Å². The maximum atomic E-state index is 12.5. The van der Waals surface area contributed by atoms with Crippen LogP contribution in [0.3, 0.4) is 0 Å². The number of rotatable bonds is 5. The quantitative estimate of drug-likeness (QED) is 0.514. The predicted molar refractivity (Wildman–Crippen MR) is 108 cm³/mol. The van der Waals surface area contributed by atoms with Crippen LogP contribution in [-0.2, 0) is 9.59 Å². The monoisotopic (exact) mass is 415 g/mol. The molecule has 0 unspecified atom stereocenters. The zero-order chi connectivity index (χ0) is 21.1. The fraction of sp³-hybridized carbons (Fsp3) is 0.150. The van der Waals surface area contributed by atoms with E-state index in [2.05, 4.69) is 10.6 Å². The number of ether oxygens (including phenoxy) is 1. The van der Waals surface area contributed by atoms with Gasteiger partial charge in [-0.3, -0.25) is 9.59 Å². The van der Waals surface area contributed by atoms with E-state index in [0.717, 1.165) is 10.5 Å². The van der Waals surface area contributed by atoms with Crippen molar-refractivity contribution in [3.05, 3.63) is 58.2 Å². The molecule has 0 aliphatic carbocycles. The Bertz CT molecular complexity index is 1020. The Morgan fingerprint density at radius 2 is 1.97 bits per heavy atom. The number of aryl methyl sites for hydroxylation is 1. The number of hydrogen-bond donors (Lipinski definition) is 3. The lowest BCUT2D eigenvalue weighted by molar-refractivity contribution is -0.127. The van der Waals surface area contributed by atoms with Crippen LogP contribution in [0.4, 0.5) is 10.5 Å². The highest BCUT2D eigenvalue weighted by atomic mass is 35.5. The van der Waals surface area contributed by atoms with Gasteiger partial charge in [-0.25, -0.2) is 9.69 Å². The maximum absolute atomic E-state index is 12.5. The second-order valence-electron chi connectivity index (χ2n) is 6.35. The van der Waals surface area contributed by atoms with E-state index in [9.17, 15) is 19.5 Å². The van der Waals surface area contributed by atoms with Crippen molar-refractivity contribution in [3.8, 4) is 11.5 Å². The summed E-state index contributed by atoms with van der Waals surface area (Å²) in [5.41, 5.74) is 2.01. The second-order valence-corrected chi connectivity index (χ2v) is 6.75. The second kappa shape index (κ2) is 8.24. The lowest BCUT2D eigenvalue weighted by Gasteiger charge is -2.12. The predicted octanol–water partition coefficient (Wildman–Crippen LogP) is 2.89. The first kappa shape index (κ1) is 20.2. The van der Waals surface area contributed by atoms with Gasteiger partial charge in [0.15, 0.2) is 11.5 Å². The third-order valence-electron chi connectivity index (χ3n) is 4.18. The van der Waals surface area contributed by atoms with Gasteiger partial charge in [-0.2, -0.15) is 0 Å². The number of carbonyl (C=O) groups is 3. The number of amides is 4. The molecule has 29 heavy (non-hydrogen) atoms. The van der Waals surface area contributed by atoms with E-state index >= 15 is 0 Å². The summed E-state index contributed by atoms with van der Waals surface area (Å²) in [5, 5.41) is 14.9. The Labute approximate surface area is 171 Å². The first-order valence-corrected chi connectivity index (χ1v) is 8.94. The number of anilines is 1. The van der Waals surface area contributed by atoms with Gasteiger partial charge < -0.3 is 20.5 Å². The average molecular weight is 416 g/mol. The minimum Gasteiger partial charge on any atom is -0.503 e. The molecule has 0 bridgehead atoms. The molecule has 3 rings (SSSR count). The standard InChI is InChI=1S/C20H18ClN3O5/c1-11-3-5-13(6-4-11)22-17(25)10-24-19(27)15(23-20(24)28)8-12-7-14(21)18(26)16(9-12)29-2/h3-9,26H,10H2,1-2H3,(H,22,25)(H,23,28)/b15-8-. The molecule has 0 saturated carbocycles. The summed E-state index contributed by atoms with van der Waals surface area (Å²) >= 11 is 5.94. The molecule has 2 aromatic carbocycles. The molecule has 150 valence electrons. The number of phenolic OH excluding ortho intramolecular Hbond substituents is 1. The number of phenols is 1. The van der Waals surface area contributed by atoms with Crippen molar-refractivity contribution < 1.29 is 24.2 Å². The summed E-state index contributed by atoms with van der Waals surface area (Å²) in [5.74, 6) is -1.27. The summed E-state index contributed by atoms with van der Waals surface area (Å²) in [6, 6.07) is 9.29. The van der Waals surface area contributed by atoms with Crippen LogP contribution in [0.5, 0.6) is 11.5 Å². The number of nitrogens with one attached hydrogen (secondary N) is 2. The highest BCUT2D eigenvalue weighted by Gasteiger charge is 2.35. The highest BCUT2D eigenvalue weighted by Crippen LogP contribution is 2.35. The van der Waals surface area contributed by atoms with E-state index in [4.69, 9.17) is 16.3 Å². The van der Waals surface area contributed by atoms with Crippen LogP contribution in [0.15, 0.2) is 42.1 Å². The van der Waals surface area contributed by atoms with Crippen molar-refractivity contribution in [1.29, 1.82) is 0 Å². The Morgan fingerprint density at radius 3 is 2.62 bits per heavy atom. The first-order valence-electron chi connectivity index (χ1n) is 8.56. The highest BCUT2D eigenvalue weighted by molar-refractivity contribution is 6.32. The number of aromatic hydroxyl groups is 1. The van der Waals surface area contributed by atoms with E-state index in [1.54, 1.807) is 12.1 Å². The summed E-state index contributed by atoms with van der Waals surface area (Å²) in [4.78, 5) is 37.7. The number of halogens is 1. The molecule has 4 amide bonds. The van der Waals surface area contributed by atoms with Gasteiger partial charge in [0, 0.05) is 5.69 Å². The minimum atomic E-state index is -0.711. The molecule has 0 atom stereocenters. The van der Waals surface area contributed by atoms with Crippen LogP contribution in [0.1, 0.15) is 11.1 Å². The Morgan fingerprint density at radius 1 is 1.28 bits per heavy atom. The van der Waals surface area contributed by atoms with Gasteiger partial charge in [-0.15, -0.1) is 0 Å². The molecule has 1 saturated heterocycles. The molecule has 8 nitrogen and oxygen atoms in total. The van der Waals surface area contributed by atoms with E-state index in [1.165, 1.54) is 25.3 Å². The van der Waals surface area contributed by atoms with Gasteiger partial charge in [0.2, 0.25) is 5.91 Å². The van der Waals surface area contributed by atoms with Crippen LogP contribution in [0, 0.1) is 6.92 Å². The fourth-order valence-corrected chi connectivity index (χ4v) is 2.91. The van der Waals surface area contributed by atoms with Crippen LogP contribution < -0.4 is 15.4 Å². The fourth-order valence-electron chi connectivity index (χ4n) is 2.70. The molecule has 0 aromatic heterocycles. The van der Waals surface area contributed by atoms with Crippen molar-refractivity contribution >= 4 is 41.2 Å². The maximum Gasteiger partial charge on any atom is 0.329 e. The number of nitrogens with zero attached hydrogens (tertiary/aromatic N) is 1. The number of hydrogen-bond acceptors (Lipinski definition) is 5. The zero-order valence-electron chi connectivity index (χ0n) is 15.7. The molecule has 1 fully saturated rings. The minimum absolute atomic E-state index is 0.0260. The molecular formula is C20H18ClN3O5. The van der Waals surface area contributed by atoms with E-state index < -0.39 is 24.4 Å². The third kappa shape index (κ3) is 4.49. The summed E-state index contributed by atoms with van der Waals surface area (Å²) < 4.78 is 5.02. The lowest BCUT2D eigenvalue weighted by atomic mass is 10.1. The number of methoxy groups -OCH3 is 1. The van der Waals surface area contributed by atoms with Crippen LogP contribution in [-0.4, -0.2) is 41.5 Å². The SMILES string of the molecule is COc1cc(/C=C2\NC(=O)N(CC(=O)Nc3ccc(C)cc3)C2=O)cc(Cl)c1O. The van der Waals surface area contributed by atoms with Crippen molar-refractivity contribution in [2.45, 2.75) is 6.92 Å². The van der Waals surface area contributed by atoms with Crippen LogP contribution in [0.2, 0.25) is 5.02 Å². The zero-order valence-corrected chi connectivity index (χ0v) is 16.4. The lowest BCUT2D eigenvalue weighted by Crippen LogP contribution is -2.38. The topological polar surface area (TPSA) is 108 Å². The molecule has 0 spiro atoms. The molecule has 1 heterocycles. The van der Waals surface area contributed by atoms with Crippen LogP contribution in [0.25, 0.3) is 6.08 Å².